The van der Waals surface area contributed by atoms with Crippen molar-refractivity contribution in [1.29, 1.82) is 0 Å². The molecular weight excluding hydrogens is 388 g/mol. The molecule has 0 fully saturated rings. The Labute approximate surface area is 175 Å². The van der Waals surface area contributed by atoms with Gasteiger partial charge in [0.05, 0.1) is 36.8 Å². The van der Waals surface area contributed by atoms with Gasteiger partial charge in [-0.15, -0.1) is 0 Å². The SMILES string of the molecule is COc1ccc(Cl)c2c1c1c(n2CCOCc2ccccc2)C(C(N)=O)CCC1. The number of hydrogen-bond donors (Lipinski definition) is 1. The van der Waals surface area contributed by atoms with Crippen LogP contribution in [0.1, 0.15) is 35.6 Å². The average Bonchev–Trinajstić information content (AvgIpc) is 3.08. The third-order valence-corrected chi connectivity index (χ3v) is 5.95. The Morgan fingerprint density at radius 3 is 2.76 bits per heavy atom. The largest absolute Gasteiger partial charge is 0.496 e. The fourth-order valence-corrected chi connectivity index (χ4v) is 4.64. The van der Waals surface area contributed by atoms with Gasteiger partial charge in [-0.1, -0.05) is 41.9 Å². The van der Waals surface area contributed by atoms with Crippen LogP contribution in [0.4, 0.5) is 0 Å². The highest BCUT2D eigenvalue weighted by molar-refractivity contribution is 6.35. The highest BCUT2D eigenvalue weighted by atomic mass is 35.5. The van der Waals surface area contributed by atoms with Crippen LogP contribution in [0.25, 0.3) is 10.9 Å². The molecule has 3 aromatic rings. The first-order chi connectivity index (χ1) is 14.1. The number of ether oxygens (including phenoxy) is 2. The quantitative estimate of drug-likeness (QED) is 0.584. The molecule has 6 heteroatoms. The Balaban J connectivity index is 1.71. The van der Waals surface area contributed by atoms with Crippen LogP contribution >= 0.6 is 11.6 Å². The fourth-order valence-electron chi connectivity index (χ4n) is 4.38. The number of nitrogens with two attached hydrogens (primary N) is 1. The van der Waals surface area contributed by atoms with E-state index in [9.17, 15) is 4.79 Å². The molecule has 1 aliphatic carbocycles. The van der Waals surface area contributed by atoms with Crippen LogP contribution in [-0.4, -0.2) is 24.2 Å². The molecule has 0 saturated carbocycles. The third-order valence-electron chi connectivity index (χ3n) is 5.65. The maximum atomic E-state index is 12.2. The van der Waals surface area contributed by atoms with Crippen molar-refractivity contribution in [2.45, 2.75) is 38.3 Å². The van der Waals surface area contributed by atoms with E-state index in [0.717, 1.165) is 52.7 Å². The van der Waals surface area contributed by atoms with Crippen molar-refractivity contribution in [3.05, 3.63) is 64.3 Å². The summed E-state index contributed by atoms with van der Waals surface area (Å²) in [7, 11) is 1.66. The first-order valence-corrected chi connectivity index (χ1v) is 10.3. The van der Waals surface area contributed by atoms with E-state index in [2.05, 4.69) is 4.57 Å². The number of amides is 1. The molecular formula is C23H25ClN2O3. The van der Waals surface area contributed by atoms with Crippen LogP contribution in [0.5, 0.6) is 5.75 Å². The van der Waals surface area contributed by atoms with Crippen molar-refractivity contribution in [2.24, 2.45) is 5.73 Å². The van der Waals surface area contributed by atoms with Crippen LogP contribution in [0, 0.1) is 0 Å². The molecule has 29 heavy (non-hydrogen) atoms. The Kier molecular flexibility index (Phi) is 5.79. The monoisotopic (exact) mass is 412 g/mol. The molecule has 1 aliphatic rings. The Morgan fingerprint density at radius 2 is 2.03 bits per heavy atom. The van der Waals surface area contributed by atoms with E-state index in [4.69, 9.17) is 26.8 Å². The van der Waals surface area contributed by atoms with E-state index in [1.54, 1.807) is 7.11 Å². The number of methoxy groups -OCH3 is 1. The summed E-state index contributed by atoms with van der Waals surface area (Å²) in [6.45, 7) is 1.64. The minimum absolute atomic E-state index is 0.296. The summed E-state index contributed by atoms with van der Waals surface area (Å²) in [5.41, 5.74) is 9.88. The number of benzene rings is 2. The van der Waals surface area contributed by atoms with Crippen molar-refractivity contribution in [1.82, 2.24) is 4.57 Å². The zero-order valence-corrected chi connectivity index (χ0v) is 17.2. The summed E-state index contributed by atoms with van der Waals surface area (Å²) >= 11 is 6.61. The standard InChI is InChI=1S/C23H25ClN2O3/c1-28-19-11-10-18(24)22-20(19)16-8-5-9-17(23(25)27)21(16)26(22)12-13-29-14-15-6-3-2-4-7-15/h2-4,6-7,10-11,17H,5,8-9,12-14H2,1H3,(H2,25,27). The first kappa shape index (κ1) is 19.8. The van der Waals surface area contributed by atoms with Gasteiger partial charge in [0.15, 0.2) is 0 Å². The summed E-state index contributed by atoms with van der Waals surface area (Å²) in [4.78, 5) is 12.2. The summed E-state index contributed by atoms with van der Waals surface area (Å²) in [6.07, 6.45) is 2.55. The third kappa shape index (κ3) is 3.72. The van der Waals surface area contributed by atoms with Gasteiger partial charge < -0.3 is 19.8 Å². The molecule has 0 spiro atoms. The van der Waals surface area contributed by atoms with Gasteiger partial charge in [-0.3, -0.25) is 4.79 Å². The highest BCUT2D eigenvalue weighted by Crippen LogP contribution is 2.44. The van der Waals surface area contributed by atoms with E-state index in [1.807, 2.05) is 42.5 Å². The first-order valence-electron chi connectivity index (χ1n) is 9.90. The molecule has 1 aromatic heterocycles. The summed E-state index contributed by atoms with van der Waals surface area (Å²) in [6, 6.07) is 13.8. The molecule has 2 aromatic carbocycles. The van der Waals surface area contributed by atoms with Crippen LogP contribution < -0.4 is 10.5 Å². The lowest BCUT2D eigenvalue weighted by Crippen LogP contribution is -2.27. The number of fused-ring (bicyclic) bond motifs is 3. The van der Waals surface area contributed by atoms with E-state index >= 15 is 0 Å². The van der Waals surface area contributed by atoms with Crippen LogP contribution in [0.15, 0.2) is 42.5 Å². The van der Waals surface area contributed by atoms with Gasteiger partial charge in [0.1, 0.15) is 5.75 Å². The van der Waals surface area contributed by atoms with Gasteiger partial charge >= 0.3 is 0 Å². The fraction of sp³-hybridized carbons (Fsp3) is 0.348. The van der Waals surface area contributed by atoms with E-state index in [0.29, 0.717) is 24.8 Å². The smallest absolute Gasteiger partial charge is 0.226 e. The lowest BCUT2D eigenvalue weighted by Gasteiger charge is -2.23. The van der Waals surface area contributed by atoms with Crippen molar-refractivity contribution >= 4 is 28.4 Å². The number of hydrogen-bond acceptors (Lipinski definition) is 3. The molecule has 1 unspecified atom stereocenters. The van der Waals surface area contributed by atoms with Gasteiger partial charge in [0, 0.05) is 17.6 Å². The predicted octanol–water partition coefficient (Wildman–Crippen LogP) is 4.43. The summed E-state index contributed by atoms with van der Waals surface area (Å²) in [5.74, 6) is 0.158. The van der Waals surface area contributed by atoms with Crippen molar-refractivity contribution in [3.8, 4) is 5.75 Å². The zero-order chi connectivity index (χ0) is 20.4. The van der Waals surface area contributed by atoms with Crippen LogP contribution in [0.2, 0.25) is 5.02 Å². The minimum Gasteiger partial charge on any atom is -0.496 e. The number of rotatable bonds is 7. The normalized spacial score (nSPS) is 16.0. The molecule has 1 atom stereocenters. The van der Waals surface area contributed by atoms with Crippen LogP contribution in [-0.2, 0) is 29.1 Å². The highest BCUT2D eigenvalue weighted by Gasteiger charge is 2.32. The number of carbonyl (C=O) groups excluding carboxylic acids is 1. The number of aromatic nitrogens is 1. The second-order valence-electron chi connectivity index (χ2n) is 7.37. The van der Waals surface area contributed by atoms with E-state index in [-0.39, 0.29) is 11.8 Å². The predicted molar refractivity (Wildman–Crippen MR) is 114 cm³/mol. The van der Waals surface area contributed by atoms with Crippen molar-refractivity contribution in [2.75, 3.05) is 13.7 Å². The van der Waals surface area contributed by atoms with Gasteiger partial charge in [-0.25, -0.2) is 0 Å². The minimum atomic E-state index is -0.318. The van der Waals surface area contributed by atoms with Crippen LogP contribution in [0.3, 0.4) is 0 Å². The maximum Gasteiger partial charge on any atom is 0.226 e. The van der Waals surface area contributed by atoms with E-state index in [1.165, 1.54) is 0 Å². The van der Waals surface area contributed by atoms with Gasteiger partial charge in [0.25, 0.3) is 0 Å². The number of nitrogens with zero attached hydrogens (tertiary/aromatic N) is 1. The number of aryl methyl sites for hydroxylation is 1. The maximum absolute atomic E-state index is 12.2. The zero-order valence-electron chi connectivity index (χ0n) is 16.5. The number of halogens is 1. The molecule has 2 N–H and O–H groups in total. The van der Waals surface area contributed by atoms with Crippen molar-refractivity contribution < 1.29 is 14.3 Å². The number of carbonyl (C=O) groups is 1. The van der Waals surface area contributed by atoms with E-state index < -0.39 is 0 Å². The second kappa shape index (κ2) is 8.47. The molecule has 1 amide bonds. The summed E-state index contributed by atoms with van der Waals surface area (Å²) in [5, 5.41) is 1.63. The van der Waals surface area contributed by atoms with Gasteiger partial charge in [-0.2, -0.15) is 0 Å². The lowest BCUT2D eigenvalue weighted by molar-refractivity contribution is -0.119. The molecule has 1 heterocycles. The molecule has 0 aliphatic heterocycles. The van der Waals surface area contributed by atoms with Gasteiger partial charge in [0.2, 0.25) is 5.91 Å². The lowest BCUT2D eigenvalue weighted by atomic mass is 9.86. The Morgan fingerprint density at radius 1 is 1.24 bits per heavy atom. The average molecular weight is 413 g/mol. The molecule has 0 bridgehead atoms. The van der Waals surface area contributed by atoms with Crippen molar-refractivity contribution in [3.63, 3.8) is 0 Å². The Bertz CT molecular complexity index is 1030. The topological polar surface area (TPSA) is 66.5 Å². The molecule has 152 valence electrons. The van der Waals surface area contributed by atoms with Gasteiger partial charge in [-0.05, 0) is 42.5 Å². The Hall–Kier alpha value is -2.50. The molecule has 5 nitrogen and oxygen atoms in total. The number of primary amides is 1. The summed E-state index contributed by atoms with van der Waals surface area (Å²) < 4.78 is 13.7. The second-order valence-corrected chi connectivity index (χ2v) is 7.78. The molecule has 4 rings (SSSR count). The molecule has 0 saturated heterocycles. The molecule has 0 radical (unpaired) electrons.